The van der Waals surface area contributed by atoms with Crippen molar-refractivity contribution in [1.82, 2.24) is 5.43 Å². The van der Waals surface area contributed by atoms with Gasteiger partial charge in [-0.2, -0.15) is 5.10 Å². The Morgan fingerprint density at radius 3 is 2.35 bits per heavy atom. The number of nitrogens with one attached hydrogen (secondary N) is 1. The van der Waals surface area contributed by atoms with E-state index < -0.39 is 27.4 Å². The predicted octanol–water partition coefficient (Wildman–Crippen LogP) is 4.85. The van der Waals surface area contributed by atoms with Crippen LogP contribution >= 0.6 is 11.6 Å². The van der Waals surface area contributed by atoms with Gasteiger partial charge in [0.25, 0.3) is 21.6 Å². The summed E-state index contributed by atoms with van der Waals surface area (Å²) in [6, 6.07) is 23.1. The van der Waals surface area contributed by atoms with Gasteiger partial charge in [0.05, 0.1) is 26.7 Å². The number of hydrogen-bond donors (Lipinski definition) is 1. The minimum atomic E-state index is -4.11. The molecule has 0 saturated heterocycles. The van der Waals surface area contributed by atoms with Crippen molar-refractivity contribution in [2.45, 2.75) is 4.90 Å². The fourth-order valence-corrected chi connectivity index (χ4v) is 5.08. The summed E-state index contributed by atoms with van der Waals surface area (Å²) < 4.78 is 33.2. The number of halogens is 1. The van der Waals surface area contributed by atoms with Crippen LogP contribution in [-0.2, 0) is 14.8 Å². The van der Waals surface area contributed by atoms with Gasteiger partial charge in [-0.15, -0.1) is 0 Å². The molecule has 1 amide bonds. The second kappa shape index (κ2) is 11.1. The molecule has 0 fully saturated rings. The third-order valence-electron chi connectivity index (χ3n) is 5.11. The highest BCUT2D eigenvalue weighted by atomic mass is 35.5. The Balaban J connectivity index is 1.48. The van der Waals surface area contributed by atoms with E-state index in [1.807, 2.05) is 0 Å². The average molecular weight is 539 g/mol. The zero-order valence-electron chi connectivity index (χ0n) is 19.0. The molecule has 10 nitrogen and oxygen atoms in total. The van der Waals surface area contributed by atoms with Crippen molar-refractivity contribution in [3.05, 3.63) is 112 Å². The van der Waals surface area contributed by atoms with E-state index in [-0.39, 0.29) is 21.3 Å². The van der Waals surface area contributed by atoms with E-state index in [2.05, 4.69) is 10.5 Å². The summed E-state index contributed by atoms with van der Waals surface area (Å²) in [7, 11) is -4.11. The van der Waals surface area contributed by atoms with Crippen LogP contribution in [0.25, 0.3) is 11.3 Å². The maximum Gasteiger partial charge on any atom is 0.269 e. The molecule has 0 aliphatic heterocycles. The smallest absolute Gasteiger partial charge is 0.269 e. The van der Waals surface area contributed by atoms with Crippen molar-refractivity contribution < 1.29 is 22.6 Å². The van der Waals surface area contributed by atoms with Crippen LogP contribution in [0.4, 0.5) is 11.4 Å². The molecule has 0 radical (unpaired) electrons. The highest BCUT2D eigenvalue weighted by molar-refractivity contribution is 7.92. The number of carbonyl (C=O) groups excluding carboxylic acids is 1. The first kappa shape index (κ1) is 25.6. The van der Waals surface area contributed by atoms with Crippen LogP contribution < -0.4 is 9.73 Å². The fraction of sp³-hybridized carbons (Fsp3) is 0.0400. The monoisotopic (exact) mass is 538 g/mol. The molecule has 1 heterocycles. The first-order chi connectivity index (χ1) is 17.8. The second-order valence-electron chi connectivity index (χ2n) is 7.58. The molecule has 1 N–H and O–H groups in total. The van der Waals surface area contributed by atoms with Crippen LogP contribution in [0.2, 0.25) is 5.02 Å². The van der Waals surface area contributed by atoms with Gasteiger partial charge in [0.1, 0.15) is 18.1 Å². The summed E-state index contributed by atoms with van der Waals surface area (Å²) in [5.74, 6) is 0.0351. The topological polar surface area (TPSA) is 135 Å². The molecule has 0 atom stereocenters. The molecule has 0 saturated carbocycles. The van der Waals surface area contributed by atoms with E-state index in [9.17, 15) is 23.3 Å². The Labute approximate surface area is 217 Å². The number of hydrogen-bond acceptors (Lipinski definition) is 7. The molecule has 188 valence electrons. The first-order valence-corrected chi connectivity index (χ1v) is 12.6. The van der Waals surface area contributed by atoms with Crippen molar-refractivity contribution in [2.24, 2.45) is 5.10 Å². The Morgan fingerprint density at radius 1 is 1.00 bits per heavy atom. The van der Waals surface area contributed by atoms with Crippen molar-refractivity contribution >= 4 is 45.1 Å². The third-order valence-corrected chi connectivity index (χ3v) is 7.20. The van der Waals surface area contributed by atoms with E-state index in [1.54, 1.807) is 54.6 Å². The summed E-state index contributed by atoms with van der Waals surface area (Å²) in [4.78, 5) is 23.0. The summed E-state index contributed by atoms with van der Waals surface area (Å²) in [6.07, 6.45) is 1.25. The van der Waals surface area contributed by atoms with Crippen LogP contribution in [0, 0.1) is 10.1 Å². The Hall–Kier alpha value is -4.48. The minimum absolute atomic E-state index is 0.000537. The summed E-state index contributed by atoms with van der Waals surface area (Å²) in [6.45, 7) is -0.579. The highest BCUT2D eigenvalue weighted by Crippen LogP contribution is 2.30. The number of rotatable bonds is 9. The fourth-order valence-electron chi connectivity index (χ4n) is 3.33. The van der Waals surface area contributed by atoms with E-state index >= 15 is 0 Å². The lowest BCUT2D eigenvalue weighted by atomic mass is 10.1. The summed E-state index contributed by atoms with van der Waals surface area (Å²) >= 11 is 6.24. The normalized spacial score (nSPS) is 11.4. The molecule has 1 aromatic heterocycles. The van der Waals surface area contributed by atoms with Gasteiger partial charge >= 0.3 is 0 Å². The van der Waals surface area contributed by atoms with Crippen LogP contribution in [0.15, 0.2) is 105 Å². The van der Waals surface area contributed by atoms with Gasteiger partial charge in [-0.05, 0) is 48.5 Å². The molecule has 0 unspecified atom stereocenters. The largest absolute Gasteiger partial charge is 0.455 e. The third kappa shape index (κ3) is 6.02. The summed E-state index contributed by atoms with van der Waals surface area (Å²) in [5.41, 5.74) is 3.01. The molecule has 0 aliphatic carbocycles. The van der Waals surface area contributed by atoms with Gasteiger partial charge < -0.3 is 4.42 Å². The van der Waals surface area contributed by atoms with Crippen molar-refractivity contribution in [1.29, 1.82) is 0 Å². The molecule has 0 aliphatic rings. The number of furan rings is 1. The van der Waals surface area contributed by atoms with Crippen molar-refractivity contribution in [2.75, 3.05) is 10.8 Å². The number of amides is 1. The van der Waals surface area contributed by atoms with E-state index in [0.717, 1.165) is 4.31 Å². The van der Waals surface area contributed by atoms with E-state index in [1.165, 1.54) is 42.6 Å². The maximum absolute atomic E-state index is 13.3. The maximum atomic E-state index is 13.3. The quantitative estimate of drug-likeness (QED) is 0.184. The average Bonchev–Trinajstić information content (AvgIpc) is 3.37. The molecule has 4 rings (SSSR count). The number of non-ortho nitro benzene ring substituents is 1. The lowest BCUT2D eigenvalue weighted by molar-refractivity contribution is -0.384. The Bertz CT molecular complexity index is 1550. The SMILES string of the molecule is O=C(CN(c1ccccc1Cl)S(=O)(=O)c1ccccc1)N/N=C\c1ccc(-c2ccc([N+](=O)[O-])cc2)o1. The van der Waals surface area contributed by atoms with E-state index in [4.69, 9.17) is 16.0 Å². The highest BCUT2D eigenvalue weighted by Gasteiger charge is 2.28. The number of nitrogens with zero attached hydrogens (tertiary/aromatic N) is 3. The predicted molar refractivity (Wildman–Crippen MR) is 139 cm³/mol. The number of anilines is 1. The molecule has 0 bridgehead atoms. The standard InChI is InChI=1S/C25H19ClN4O6S/c26-22-8-4-5-9-23(22)29(37(34,35)21-6-2-1-3-7-21)17-25(31)28-27-16-20-14-15-24(36-20)18-10-12-19(13-11-18)30(32)33/h1-16H,17H2,(H,28,31)/b27-16-. The molecular weight excluding hydrogens is 520 g/mol. The molecule has 4 aromatic rings. The zero-order chi connectivity index (χ0) is 26.4. The molecule has 0 spiro atoms. The number of para-hydroxylation sites is 1. The summed E-state index contributed by atoms with van der Waals surface area (Å²) in [5, 5.41) is 14.8. The van der Waals surface area contributed by atoms with Crippen molar-refractivity contribution in [3.63, 3.8) is 0 Å². The first-order valence-electron chi connectivity index (χ1n) is 10.7. The number of hydrazone groups is 1. The molecular formula is C25H19ClN4O6S. The number of sulfonamides is 1. The Kier molecular flexibility index (Phi) is 7.66. The number of benzene rings is 3. The molecule has 12 heteroatoms. The Morgan fingerprint density at radius 2 is 1.68 bits per heavy atom. The second-order valence-corrected chi connectivity index (χ2v) is 9.84. The van der Waals surface area contributed by atoms with Gasteiger partial charge in [0, 0.05) is 17.7 Å². The zero-order valence-corrected chi connectivity index (χ0v) is 20.6. The van der Waals surface area contributed by atoms with Gasteiger partial charge in [0.15, 0.2) is 0 Å². The lowest BCUT2D eigenvalue weighted by Gasteiger charge is -2.24. The number of carbonyl (C=O) groups is 1. The van der Waals surface area contributed by atoms with Gasteiger partial charge in [-0.3, -0.25) is 19.2 Å². The van der Waals surface area contributed by atoms with Crippen LogP contribution in [-0.4, -0.2) is 32.0 Å². The van der Waals surface area contributed by atoms with Gasteiger partial charge in [0.2, 0.25) is 0 Å². The molecule has 37 heavy (non-hydrogen) atoms. The van der Waals surface area contributed by atoms with Gasteiger partial charge in [-0.1, -0.05) is 41.9 Å². The minimum Gasteiger partial charge on any atom is -0.455 e. The van der Waals surface area contributed by atoms with Crippen LogP contribution in [0.3, 0.4) is 0 Å². The number of nitro groups is 1. The number of nitro benzene ring substituents is 1. The van der Waals surface area contributed by atoms with Crippen LogP contribution in [0.1, 0.15) is 5.76 Å². The van der Waals surface area contributed by atoms with E-state index in [0.29, 0.717) is 17.1 Å². The lowest BCUT2D eigenvalue weighted by Crippen LogP contribution is -2.39. The van der Waals surface area contributed by atoms with Gasteiger partial charge in [-0.25, -0.2) is 13.8 Å². The van der Waals surface area contributed by atoms with Crippen LogP contribution in [0.5, 0.6) is 0 Å². The molecule has 3 aromatic carbocycles. The van der Waals surface area contributed by atoms with Crippen molar-refractivity contribution in [3.8, 4) is 11.3 Å².